The van der Waals surface area contributed by atoms with E-state index in [4.69, 9.17) is 0 Å². The molecule has 1 atom stereocenters. The van der Waals surface area contributed by atoms with E-state index in [1.165, 1.54) is 4.88 Å². The van der Waals surface area contributed by atoms with Crippen LogP contribution in [0.5, 0.6) is 0 Å². The zero-order chi connectivity index (χ0) is 10.7. The van der Waals surface area contributed by atoms with Crippen molar-refractivity contribution >= 4 is 17.1 Å². The van der Waals surface area contributed by atoms with E-state index in [1.807, 2.05) is 13.0 Å². The van der Waals surface area contributed by atoms with Gasteiger partial charge >= 0.3 is 0 Å². The molecule has 1 aromatic heterocycles. The van der Waals surface area contributed by atoms with Crippen LogP contribution in [0.3, 0.4) is 0 Å². The summed E-state index contributed by atoms with van der Waals surface area (Å²) in [5.41, 5.74) is -0.239. The number of rotatable bonds is 4. The predicted molar refractivity (Wildman–Crippen MR) is 63.3 cm³/mol. The van der Waals surface area contributed by atoms with Crippen LogP contribution < -0.4 is 5.32 Å². The molecule has 0 amide bonds. The molecule has 0 saturated carbocycles. The number of carbonyl (C=O) groups excluding carboxylic acids is 1. The van der Waals surface area contributed by atoms with Crippen LogP contribution in [-0.2, 0) is 11.2 Å². The Labute approximate surface area is 94.7 Å². The van der Waals surface area contributed by atoms with Gasteiger partial charge in [0.05, 0.1) is 5.54 Å². The van der Waals surface area contributed by atoms with E-state index in [-0.39, 0.29) is 5.54 Å². The third kappa shape index (κ3) is 2.47. The SMILES string of the molecule is CC1(C(=O)CCc2cccs2)CCCN1. The van der Waals surface area contributed by atoms with E-state index in [2.05, 4.69) is 16.8 Å². The lowest BCUT2D eigenvalue weighted by molar-refractivity contribution is -0.124. The second kappa shape index (κ2) is 4.45. The summed E-state index contributed by atoms with van der Waals surface area (Å²) in [6.45, 7) is 3.03. The molecular weight excluding hydrogens is 206 g/mol. The number of thiophene rings is 1. The first-order valence-corrected chi connectivity index (χ1v) is 6.39. The van der Waals surface area contributed by atoms with E-state index in [0.29, 0.717) is 12.2 Å². The van der Waals surface area contributed by atoms with Crippen molar-refractivity contribution in [3.8, 4) is 0 Å². The Bertz CT molecular complexity index is 325. The van der Waals surface area contributed by atoms with E-state index in [1.54, 1.807) is 11.3 Å². The topological polar surface area (TPSA) is 29.1 Å². The molecule has 0 aromatic carbocycles. The summed E-state index contributed by atoms with van der Waals surface area (Å²) in [6.07, 6.45) is 3.69. The van der Waals surface area contributed by atoms with Gasteiger partial charge in [0.1, 0.15) is 0 Å². The number of nitrogens with one attached hydrogen (secondary N) is 1. The quantitative estimate of drug-likeness (QED) is 0.849. The van der Waals surface area contributed by atoms with Gasteiger partial charge < -0.3 is 5.32 Å². The lowest BCUT2D eigenvalue weighted by atomic mass is 9.91. The number of ketones is 1. The molecular formula is C12H17NOS. The summed E-state index contributed by atoms with van der Waals surface area (Å²) in [4.78, 5) is 13.3. The first-order chi connectivity index (χ1) is 7.21. The van der Waals surface area contributed by atoms with Gasteiger partial charge in [-0.15, -0.1) is 11.3 Å². The highest BCUT2D eigenvalue weighted by atomic mass is 32.1. The minimum Gasteiger partial charge on any atom is -0.305 e. The van der Waals surface area contributed by atoms with Crippen molar-refractivity contribution in [1.29, 1.82) is 0 Å². The molecule has 1 saturated heterocycles. The van der Waals surface area contributed by atoms with Crippen LogP contribution >= 0.6 is 11.3 Å². The summed E-state index contributed by atoms with van der Waals surface area (Å²) in [7, 11) is 0. The Morgan fingerprint density at radius 2 is 2.53 bits per heavy atom. The molecule has 1 unspecified atom stereocenters. The van der Waals surface area contributed by atoms with E-state index >= 15 is 0 Å². The molecule has 15 heavy (non-hydrogen) atoms. The zero-order valence-electron chi connectivity index (χ0n) is 9.08. The van der Waals surface area contributed by atoms with Crippen molar-refractivity contribution in [3.05, 3.63) is 22.4 Å². The van der Waals surface area contributed by atoms with E-state index in [9.17, 15) is 4.79 Å². The molecule has 1 fully saturated rings. The maximum absolute atomic E-state index is 12.0. The number of aryl methyl sites for hydroxylation is 1. The van der Waals surface area contributed by atoms with Gasteiger partial charge in [-0.05, 0) is 44.2 Å². The minimum atomic E-state index is -0.239. The molecule has 2 heterocycles. The first kappa shape index (κ1) is 10.8. The van der Waals surface area contributed by atoms with Crippen LogP contribution in [-0.4, -0.2) is 17.9 Å². The van der Waals surface area contributed by atoms with Gasteiger partial charge in [-0.25, -0.2) is 0 Å². The Morgan fingerprint density at radius 1 is 1.67 bits per heavy atom. The van der Waals surface area contributed by atoms with Crippen LogP contribution in [0.1, 0.15) is 31.1 Å². The fourth-order valence-electron chi connectivity index (χ4n) is 2.10. The Hall–Kier alpha value is -0.670. The normalized spacial score (nSPS) is 25.7. The molecule has 1 aliphatic heterocycles. The van der Waals surface area contributed by atoms with Crippen LogP contribution in [0, 0.1) is 0 Å². The van der Waals surface area contributed by atoms with Crippen molar-refractivity contribution in [1.82, 2.24) is 5.32 Å². The molecule has 0 spiro atoms. The third-order valence-corrected chi connectivity index (χ3v) is 4.10. The highest BCUT2D eigenvalue weighted by molar-refractivity contribution is 7.09. The van der Waals surface area contributed by atoms with Crippen LogP contribution in [0.2, 0.25) is 0 Å². The zero-order valence-corrected chi connectivity index (χ0v) is 9.90. The summed E-state index contributed by atoms with van der Waals surface area (Å²) in [6, 6.07) is 4.14. The molecule has 2 nitrogen and oxygen atoms in total. The second-order valence-electron chi connectivity index (χ2n) is 4.36. The molecule has 1 aliphatic rings. The van der Waals surface area contributed by atoms with Crippen molar-refractivity contribution < 1.29 is 4.79 Å². The van der Waals surface area contributed by atoms with Gasteiger partial charge in [0.25, 0.3) is 0 Å². The second-order valence-corrected chi connectivity index (χ2v) is 5.40. The Balaban J connectivity index is 1.87. The molecule has 0 bridgehead atoms. The van der Waals surface area contributed by atoms with Crippen molar-refractivity contribution in [3.63, 3.8) is 0 Å². The maximum atomic E-state index is 12.0. The van der Waals surface area contributed by atoms with Gasteiger partial charge in [-0.1, -0.05) is 6.07 Å². The molecule has 1 aromatic rings. The summed E-state index contributed by atoms with van der Waals surface area (Å²) >= 11 is 1.73. The smallest absolute Gasteiger partial charge is 0.152 e. The van der Waals surface area contributed by atoms with Gasteiger partial charge in [0.15, 0.2) is 5.78 Å². The first-order valence-electron chi connectivity index (χ1n) is 5.51. The fraction of sp³-hybridized carbons (Fsp3) is 0.583. The number of hydrogen-bond donors (Lipinski definition) is 1. The average Bonchev–Trinajstić information content (AvgIpc) is 2.85. The van der Waals surface area contributed by atoms with Crippen LogP contribution in [0.4, 0.5) is 0 Å². The summed E-state index contributed by atoms with van der Waals surface area (Å²) < 4.78 is 0. The minimum absolute atomic E-state index is 0.239. The highest BCUT2D eigenvalue weighted by Gasteiger charge is 2.34. The third-order valence-electron chi connectivity index (χ3n) is 3.16. The van der Waals surface area contributed by atoms with E-state index in [0.717, 1.165) is 25.8 Å². The molecule has 82 valence electrons. The Kier molecular flexibility index (Phi) is 3.22. The van der Waals surface area contributed by atoms with Gasteiger partial charge in [-0.2, -0.15) is 0 Å². The molecule has 3 heteroatoms. The lowest BCUT2D eigenvalue weighted by Crippen LogP contribution is -2.44. The number of carbonyl (C=O) groups is 1. The summed E-state index contributed by atoms with van der Waals surface area (Å²) in [5.74, 6) is 0.369. The summed E-state index contributed by atoms with van der Waals surface area (Å²) in [5, 5.41) is 5.38. The Morgan fingerprint density at radius 3 is 3.13 bits per heavy atom. The highest BCUT2D eigenvalue weighted by Crippen LogP contribution is 2.22. The van der Waals surface area contributed by atoms with Crippen molar-refractivity contribution in [2.75, 3.05) is 6.54 Å². The van der Waals surface area contributed by atoms with Crippen LogP contribution in [0.15, 0.2) is 17.5 Å². The fourth-order valence-corrected chi connectivity index (χ4v) is 2.81. The van der Waals surface area contributed by atoms with Gasteiger partial charge in [0.2, 0.25) is 0 Å². The van der Waals surface area contributed by atoms with Crippen LogP contribution in [0.25, 0.3) is 0 Å². The standard InChI is InChI=1S/C12H17NOS/c1-12(7-3-8-13-12)11(14)6-5-10-4-2-9-15-10/h2,4,9,13H,3,5-8H2,1H3. The molecule has 0 radical (unpaired) electrons. The molecule has 2 rings (SSSR count). The predicted octanol–water partition coefficient (Wildman–Crippen LogP) is 2.39. The number of Topliss-reactive ketones (excluding diaryl/α,β-unsaturated/α-hetero) is 1. The average molecular weight is 223 g/mol. The molecule has 1 N–H and O–H groups in total. The van der Waals surface area contributed by atoms with Gasteiger partial charge in [0, 0.05) is 11.3 Å². The lowest BCUT2D eigenvalue weighted by Gasteiger charge is -2.22. The van der Waals surface area contributed by atoms with Gasteiger partial charge in [-0.3, -0.25) is 4.79 Å². The largest absolute Gasteiger partial charge is 0.305 e. The maximum Gasteiger partial charge on any atom is 0.152 e. The number of hydrogen-bond acceptors (Lipinski definition) is 3. The van der Waals surface area contributed by atoms with Crippen molar-refractivity contribution in [2.24, 2.45) is 0 Å². The monoisotopic (exact) mass is 223 g/mol. The van der Waals surface area contributed by atoms with E-state index < -0.39 is 0 Å². The van der Waals surface area contributed by atoms with Crippen molar-refractivity contribution in [2.45, 2.75) is 38.1 Å². The molecule has 0 aliphatic carbocycles.